The summed E-state index contributed by atoms with van der Waals surface area (Å²) in [6.07, 6.45) is 32.0. The fourth-order valence-corrected chi connectivity index (χ4v) is 7.45. The topological polar surface area (TPSA) is 212 Å². The predicted octanol–water partition coefficient (Wildman–Crippen LogP) is 7.85. The van der Waals surface area contributed by atoms with E-state index >= 15 is 0 Å². The second-order valence-electron chi connectivity index (χ2n) is 16.1. The van der Waals surface area contributed by atoms with E-state index in [0.717, 1.165) is 70.6 Å². The Morgan fingerprint density at radius 3 is 1.65 bits per heavy atom. The normalized spacial score (nSPS) is 21.8. The molecule has 1 aliphatic rings. The van der Waals surface area contributed by atoms with Crippen molar-refractivity contribution in [3.8, 4) is 0 Å². The minimum absolute atomic E-state index is 0.225. The van der Waals surface area contributed by atoms with Crippen LogP contribution < -0.4 is 5.32 Å². The predicted molar refractivity (Wildman–Crippen MR) is 237 cm³/mol. The Hall–Kier alpha value is -1.98. The first-order valence-electron chi connectivity index (χ1n) is 23.1. The number of nitrogens with one attached hydrogen (secondary N) is 1. The smallest absolute Gasteiger partial charge is 0.394 e. The fourth-order valence-electron chi connectivity index (χ4n) is 6.94. The summed E-state index contributed by atoms with van der Waals surface area (Å²) in [5, 5.41) is 55.1. The summed E-state index contributed by atoms with van der Waals surface area (Å²) in [5.41, 5.74) is 0. The lowest BCUT2D eigenvalue weighted by Gasteiger charge is -2.41. The van der Waals surface area contributed by atoms with Gasteiger partial charge in [-0.05, 0) is 64.2 Å². The number of rotatable bonds is 38. The van der Waals surface area contributed by atoms with Gasteiger partial charge >= 0.3 is 10.4 Å². The molecule has 0 aliphatic carbocycles. The van der Waals surface area contributed by atoms with Crippen LogP contribution in [0.2, 0.25) is 0 Å². The van der Waals surface area contributed by atoms with Crippen LogP contribution in [0.1, 0.15) is 174 Å². The van der Waals surface area contributed by atoms with Gasteiger partial charge in [-0.3, -0.25) is 9.35 Å². The molecule has 8 atom stereocenters. The van der Waals surface area contributed by atoms with Crippen molar-refractivity contribution < 1.29 is 57.0 Å². The van der Waals surface area contributed by atoms with Crippen molar-refractivity contribution in [2.24, 2.45) is 0 Å². The van der Waals surface area contributed by atoms with Gasteiger partial charge in [-0.1, -0.05) is 159 Å². The van der Waals surface area contributed by atoms with Crippen molar-refractivity contribution in [1.29, 1.82) is 0 Å². The van der Waals surface area contributed by atoms with Gasteiger partial charge in [0.2, 0.25) is 5.91 Å². The average molecular weight is 874 g/mol. The van der Waals surface area contributed by atoms with Crippen molar-refractivity contribution in [3.05, 3.63) is 48.6 Å². The Balaban J connectivity index is 2.58. The Labute approximate surface area is 362 Å². The van der Waals surface area contributed by atoms with E-state index in [4.69, 9.17) is 14.0 Å². The molecule has 0 saturated carbocycles. The molecular weight excluding hydrogens is 791 g/mol. The first kappa shape index (κ1) is 56.0. The van der Waals surface area contributed by atoms with Crippen molar-refractivity contribution in [2.45, 2.75) is 223 Å². The van der Waals surface area contributed by atoms with Gasteiger partial charge in [0.1, 0.15) is 30.5 Å². The van der Waals surface area contributed by atoms with E-state index in [2.05, 4.69) is 59.8 Å². The van der Waals surface area contributed by atoms with Crippen LogP contribution >= 0.6 is 0 Å². The zero-order chi connectivity index (χ0) is 44.3. The van der Waals surface area contributed by atoms with Crippen LogP contribution in [0.3, 0.4) is 0 Å². The molecule has 14 heteroatoms. The molecule has 60 heavy (non-hydrogen) atoms. The van der Waals surface area contributed by atoms with Gasteiger partial charge in [-0.2, -0.15) is 8.42 Å². The first-order valence-corrected chi connectivity index (χ1v) is 24.5. The van der Waals surface area contributed by atoms with Gasteiger partial charge in [0.05, 0.1) is 25.4 Å². The SMILES string of the molecule is CCCC/C=C/CC/C=C/CC/C=C/C(O)C(COC1OC(CO)C(O)C(OS(=O)(=O)O)C1O)NC(=O)C(O)CCCCCCCC/C=C\CCCCCCCCCCC. The molecule has 350 valence electrons. The highest BCUT2D eigenvalue weighted by atomic mass is 32.3. The molecular formula is C46H83NO12S. The minimum Gasteiger partial charge on any atom is -0.394 e. The molecule has 0 aromatic carbocycles. The molecule has 1 heterocycles. The number of aliphatic hydroxyl groups excluding tert-OH is 5. The molecule has 0 aromatic heterocycles. The van der Waals surface area contributed by atoms with Crippen molar-refractivity contribution in [1.82, 2.24) is 5.32 Å². The van der Waals surface area contributed by atoms with Crippen LogP contribution in [0.5, 0.6) is 0 Å². The Morgan fingerprint density at radius 1 is 0.667 bits per heavy atom. The maximum Gasteiger partial charge on any atom is 0.397 e. The molecule has 0 bridgehead atoms. The number of aliphatic hydroxyl groups is 5. The zero-order valence-corrected chi connectivity index (χ0v) is 37.7. The van der Waals surface area contributed by atoms with Crippen LogP contribution in [0.25, 0.3) is 0 Å². The summed E-state index contributed by atoms with van der Waals surface area (Å²) < 4.78 is 47.4. The maximum absolute atomic E-state index is 13.1. The largest absolute Gasteiger partial charge is 0.397 e. The molecule has 1 fully saturated rings. The van der Waals surface area contributed by atoms with Gasteiger partial charge in [0.15, 0.2) is 6.29 Å². The summed E-state index contributed by atoms with van der Waals surface area (Å²) in [6.45, 7) is 3.13. The number of unbranched alkanes of at least 4 members (excludes halogenated alkanes) is 19. The molecule has 8 unspecified atom stereocenters. The van der Waals surface area contributed by atoms with E-state index in [-0.39, 0.29) is 6.42 Å². The summed E-state index contributed by atoms with van der Waals surface area (Å²) >= 11 is 0. The fraction of sp³-hybridized carbons (Fsp3) is 0.804. The lowest BCUT2D eigenvalue weighted by atomic mass is 9.99. The average Bonchev–Trinajstić information content (AvgIpc) is 3.22. The van der Waals surface area contributed by atoms with Crippen LogP contribution in [0.15, 0.2) is 48.6 Å². The number of allylic oxidation sites excluding steroid dienone is 7. The molecule has 1 aliphatic heterocycles. The Morgan fingerprint density at radius 2 is 1.13 bits per heavy atom. The minimum atomic E-state index is -5.12. The summed E-state index contributed by atoms with van der Waals surface area (Å²) in [6, 6.07) is -1.14. The van der Waals surface area contributed by atoms with E-state index in [9.17, 15) is 38.7 Å². The molecule has 1 rings (SSSR count). The van der Waals surface area contributed by atoms with E-state index < -0.39 is 78.5 Å². The third kappa shape index (κ3) is 28.6. The molecule has 13 nitrogen and oxygen atoms in total. The molecule has 0 spiro atoms. The lowest BCUT2D eigenvalue weighted by Crippen LogP contribution is -2.61. The number of ether oxygens (including phenoxy) is 2. The maximum atomic E-state index is 13.1. The van der Waals surface area contributed by atoms with Gasteiger partial charge < -0.3 is 40.3 Å². The standard InChI is InChI=1S/C46H83NO12S/c1-3-5-7-9-11-13-15-17-18-19-20-21-22-23-25-27-29-31-33-35-40(50)45(53)47-38(39(49)34-32-30-28-26-24-16-14-12-10-8-6-4-2)37-57-46-43(52)44(59-60(54,55)56)42(51)41(36-48)58-46/h10,12,20-21,24,26,32,34,38-44,46,48-52H,3-9,11,13-19,22-23,25,27-31,33,35-37H2,1-2H3,(H,47,53)(H,54,55,56)/b12-10+,21-20-,26-24+,34-32+. The highest BCUT2D eigenvalue weighted by Gasteiger charge is 2.48. The molecule has 0 aromatic rings. The van der Waals surface area contributed by atoms with E-state index in [1.54, 1.807) is 6.08 Å². The van der Waals surface area contributed by atoms with E-state index in [0.29, 0.717) is 12.8 Å². The highest BCUT2D eigenvalue weighted by molar-refractivity contribution is 7.80. The lowest BCUT2D eigenvalue weighted by molar-refractivity contribution is -0.298. The molecule has 1 amide bonds. The van der Waals surface area contributed by atoms with Gasteiger partial charge in [-0.25, -0.2) is 4.18 Å². The van der Waals surface area contributed by atoms with Gasteiger partial charge in [-0.15, -0.1) is 0 Å². The number of carbonyl (C=O) groups excluding carboxylic acids is 1. The van der Waals surface area contributed by atoms with Crippen molar-refractivity contribution >= 4 is 16.3 Å². The monoisotopic (exact) mass is 874 g/mol. The van der Waals surface area contributed by atoms with E-state index in [1.165, 1.54) is 76.7 Å². The van der Waals surface area contributed by atoms with Gasteiger partial charge in [0, 0.05) is 0 Å². The van der Waals surface area contributed by atoms with Crippen LogP contribution in [0.4, 0.5) is 0 Å². The Bertz CT molecular complexity index is 1280. The summed E-state index contributed by atoms with van der Waals surface area (Å²) in [4.78, 5) is 13.1. The van der Waals surface area contributed by atoms with Crippen LogP contribution in [-0.2, 0) is 28.9 Å². The third-order valence-corrected chi connectivity index (χ3v) is 11.1. The first-order chi connectivity index (χ1) is 28.9. The van der Waals surface area contributed by atoms with Crippen molar-refractivity contribution in [2.75, 3.05) is 13.2 Å². The second-order valence-corrected chi connectivity index (χ2v) is 17.2. The molecule has 0 radical (unpaired) electrons. The number of amides is 1. The summed E-state index contributed by atoms with van der Waals surface area (Å²) in [7, 11) is -5.12. The number of carbonyl (C=O) groups is 1. The summed E-state index contributed by atoms with van der Waals surface area (Å²) in [5.74, 6) is -0.724. The van der Waals surface area contributed by atoms with Crippen LogP contribution in [-0.4, -0.2) is 107 Å². The van der Waals surface area contributed by atoms with Crippen LogP contribution in [0, 0.1) is 0 Å². The Kier molecular flexibility index (Phi) is 34.1. The number of hydrogen-bond donors (Lipinski definition) is 7. The van der Waals surface area contributed by atoms with Crippen molar-refractivity contribution in [3.63, 3.8) is 0 Å². The quantitative estimate of drug-likeness (QED) is 0.0180. The molecule has 1 saturated heterocycles. The highest BCUT2D eigenvalue weighted by Crippen LogP contribution is 2.26. The third-order valence-electron chi connectivity index (χ3n) is 10.7. The van der Waals surface area contributed by atoms with E-state index in [1.807, 2.05) is 0 Å². The van der Waals surface area contributed by atoms with Gasteiger partial charge in [0.25, 0.3) is 0 Å². The zero-order valence-electron chi connectivity index (χ0n) is 36.9. The molecule has 7 N–H and O–H groups in total. The number of hydrogen-bond acceptors (Lipinski definition) is 11. The second kappa shape index (κ2) is 36.5.